The third kappa shape index (κ3) is 3.14. The van der Waals surface area contributed by atoms with Crippen molar-refractivity contribution in [2.45, 2.75) is 18.9 Å². The van der Waals surface area contributed by atoms with Gasteiger partial charge < -0.3 is 10.1 Å². The van der Waals surface area contributed by atoms with Crippen molar-refractivity contribution >= 4 is 11.8 Å². The molecule has 4 nitrogen and oxygen atoms in total. The maximum absolute atomic E-state index is 11.7. The average Bonchev–Trinajstić information content (AvgIpc) is 2.90. The molecular weight excluding hydrogens is 218 g/mol. The zero-order chi connectivity index (χ0) is 12.1. The van der Waals surface area contributed by atoms with Gasteiger partial charge in [0.1, 0.15) is 6.04 Å². The number of Topliss-reactive ketones (excluding diaryl/α,β-unsaturated/α-hetero) is 1. The number of hydrogen-bond acceptors (Lipinski definition) is 4. The Morgan fingerprint density at radius 2 is 2.06 bits per heavy atom. The topological polar surface area (TPSA) is 55.4 Å². The second-order valence-electron chi connectivity index (χ2n) is 4.05. The lowest BCUT2D eigenvalue weighted by molar-refractivity contribution is -0.144. The van der Waals surface area contributed by atoms with Crippen LogP contribution in [0.5, 0.6) is 0 Å². The van der Waals surface area contributed by atoms with Crippen LogP contribution in [-0.2, 0) is 9.53 Å². The Kier molecular flexibility index (Phi) is 3.88. The standard InChI is InChI=1S/C13H15NO3/c15-12(10-5-2-1-3-6-10)9-17-13(16)11-7-4-8-14-11/h1-3,5-6,11,14H,4,7-9H2. The molecule has 1 fully saturated rings. The Morgan fingerprint density at radius 1 is 1.29 bits per heavy atom. The van der Waals surface area contributed by atoms with Crippen molar-refractivity contribution in [2.75, 3.05) is 13.2 Å². The molecule has 0 amide bonds. The molecule has 0 bridgehead atoms. The fourth-order valence-electron chi connectivity index (χ4n) is 1.83. The van der Waals surface area contributed by atoms with Crippen molar-refractivity contribution in [1.82, 2.24) is 5.32 Å². The minimum Gasteiger partial charge on any atom is -0.456 e. The molecule has 1 aliphatic rings. The quantitative estimate of drug-likeness (QED) is 0.626. The molecule has 0 aliphatic carbocycles. The summed E-state index contributed by atoms with van der Waals surface area (Å²) in [5.41, 5.74) is 0.569. The van der Waals surface area contributed by atoms with Gasteiger partial charge in [-0.25, -0.2) is 0 Å². The zero-order valence-electron chi connectivity index (χ0n) is 9.52. The highest BCUT2D eigenvalue weighted by atomic mass is 16.5. The summed E-state index contributed by atoms with van der Waals surface area (Å²) in [5, 5.41) is 3.03. The molecule has 0 radical (unpaired) electrons. The number of nitrogens with one attached hydrogen (secondary N) is 1. The first kappa shape index (κ1) is 11.8. The van der Waals surface area contributed by atoms with Crippen LogP contribution < -0.4 is 5.32 Å². The van der Waals surface area contributed by atoms with Crippen LogP contribution in [0.2, 0.25) is 0 Å². The highest BCUT2D eigenvalue weighted by Crippen LogP contribution is 2.07. The van der Waals surface area contributed by atoms with E-state index < -0.39 is 0 Å². The molecule has 1 unspecified atom stereocenters. The highest BCUT2D eigenvalue weighted by molar-refractivity contribution is 5.98. The van der Waals surface area contributed by atoms with Crippen molar-refractivity contribution in [1.29, 1.82) is 0 Å². The molecule has 2 rings (SSSR count). The smallest absolute Gasteiger partial charge is 0.323 e. The largest absolute Gasteiger partial charge is 0.456 e. The normalized spacial score (nSPS) is 18.9. The summed E-state index contributed by atoms with van der Waals surface area (Å²) in [6.07, 6.45) is 1.77. The van der Waals surface area contributed by atoms with Crippen LogP contribution in [-0.4, -0.2) is 30.9 Å². The van der Waals surface area contributed by atoms with Crippen molar-refractivity contribution in [3.63, 3.8) is 0 Å². The summed E-state index contributed by atoms with van der Waals surface area (Å²) < 4.78 is 4.99. The molecular formula is C13H15NO3. The van der Waals surface area contributed by atoms with Crippen LogP contribution in [0.15, 0.2) is 30.3 Å². The maximum atomic E-state index is 11.7. The number of rotatable bonds is 4. The number of ether oxygens (including phenoxy) is 1. The summed E-state index contributed by atoms with van der Waals surface area (Å²) in [6.45, 7) is 0.660. The Hall–Kier alpha value is -1.68. The van der Waals surface area contributed by atoms with Gasteiger partial charge in [-0.3, -0.25) is 9.59 Å². The summed E-state index contributed by atoms with van der Waals surface area (Å²) in [4.78, 5) is 23.2. The number of benzene rings is 1. The Bertz CT molecular complexity index is 396. The predicted molar refractivity (Wildman–Crippen MR) is 62.8 cm³/mol. The van der Waals surface area contributed by atoms with E-state index in [1.807, 2.05) is 6.07 Å². The van der Waals surface area contributed by atoms with Gasteiger partial charge in [-0.2, -0.15) is 0 Å². The van der Waals surface area contributed by atoms with Crippen molar-refractivity contribution in [3.8, 4) is 0 Å². The minimum atomic E-state index is -0.327. The molecule has 1 aromatic carbocycles. The van der Waals surface area contributed by atoms with E-state index in [0.29, 0.717) is 5.56 Å². The number of esters is 1. The summed E-state index contributed by atoms with van der Waals surface area (Å²) in [6, 6.07) is 8.60. The van der Waals surface area contributed by atoms with Gasteiger partial charge in [0.25, 0.3) is 0 Å². The minimum absolute atomic E-state index is 0.169. The number of hydrogen-bond donors (Lipinski definition) is 1. The van der Waals surface area contributed by atoms with Gasteiger partial charge in [0.05, 0.1) is 0 Å². The van der Waals surface area contributed by atoms with Crippen molar-refractivity contribution in [2.24, 2.45) is 0 Å². The third-order valence-electron chi connectivity index (χ3n) is 2.79. The predicted octanol–water partition coefficient (Wildman–Crippen LogP) is 1.16. The van der Waals surface area contributed by atoms with Crippen LogP contribution in [0.4, 0.5) is 0 Å². The van der Waals surface area contributed by atoms with E-state index in [2.05, 4.69) is 5.32 Å². The van der Waals surface area contributed by atoms with Crippen LogP contribution in [0.3, 0.4) is 0 Å². The molecule has 0 saturated carbocycles. The molecule has 90 valence electrons. The lowest BCUT2D eigenvalue weighted by Crippen LogP contribution is -2.33. The van der Waals surface area contributed by atoms with Crippen molar-refractivity contribution < 1.29 is 14.3 Å². The lowest BCUT2D eigenvalue weighted by atomic mass is 10.1. The Morgan fingerprint density at radius 3 is 2.71 bits per heavy atom. The number of carbonyl (C=O) groups is 2. The molecule has 1 atom stereocenters. The van der Waals surface area contributed by atoms with Crippen LogP contribution in [0.1, 0.15) is 23.2 Å². The van der Waals surface area contributed by atoms with Crippen LogP contribution in [0.25, 0.3) is 0 Å². The molecule has 4 heteroatoms. The first-order valence-corrected chi connectivity index (χ1v) is 5.75. The van der Waals surface area contributed by atoms with Gasteiger partial charge in [-0.1, -0.05) is 30.3 Å². The second-order valence-corrected chi connectivity index (χ2v) is 4.05. The zero-order valence-corrected chi connectivity index (χ0v) is 9.52. The third-order valence-corrected chi connectivity index (χ3v) is 2.79. The van der Waals surface area contributed by atoms with E-state index in [1.54, 1.807) is 24.3 Å². The monoisotopic (exact) mass is 233 g/mol. The first-order chi connectivity index (χ1) is 8.27. The fraction of sp³-hybridized carbons (Fsp3) is 0.385. The molecule has 17 heavy (non-hydrogen) atoms. The lowest BCUT2D eigenvalue weighted by Gasteiger charge is -2.09. The van der Waals surface area contributed by atoms with Gasteiger partial charge >= 0.3 is 5.97 Å². The molecule has 1 saturated heterocycles. The van der Waals surface area contributed by atoms with Crippen LogP contribution >= 0.6 is 0 Å². The van der Waals surface area contributed by atoms with E-state index in [1.165, 1.54) is 0 Å². The number of carbonyl (C=O) groups excluding carboxylic acids is 2. The highest BCUT2D eigenvalue weighted by Gasteiger charge is 2.23. The Balaban J connectivity index is 1.82. The summed E-state index contributed by atoms with van der Waals surface area (Å²) in [7, 11) is 0. The van der Waals surface area contributed by atoms with Gasteiger partial charge in [0.2, 0.25) is 0 Å². The molecule has 0 spiro atoms. The molecule has 1 N–H and O–H groups in total. The first-order valence-electron chi connectivity index (χ1n) is 5.75. The molecule has 1 aliphatic heterocycles. The van der Waals surface area contributed by atoms with E-state index in [4.69, 9.17) is 4.74 Å². The molecule has 0 aromatic heterocycles. The van der Waals surface area contributed by atoms with Gasteiger partial charge in [-0.15, -0.1) is 0 Å². The average molecular weight is 233 g/mol. The number of ketones is 1. The van der Waals surface area contributed by atoms with Crippen molar-refractivity contribution in [3.05, 3.63) is 35.9 Å². The van der Waals surface area contributed by atoms with E-state index in [9.17, 15) is 9.59 Å². The summed E-state index contributed by atoms with van der Waals surface area (Å²) >= 11 is 0. The van der Waals surface area contributed by atoms with E-state index >= 15 is 0 Å². The van der Waals surface area contributed by atoms with E-state index in [0.717, 1.165) is 19.4 Å². The SMILES string of the molecule is O=C(COC(=O)C1CCCN1)c1ccccc1. The van der Waals surface area contributed by atoms with E-state index in [-0.39, 0.29) is 24.4 Å². The van der Waals surface area contributed by atoms with Gasteiger partial charge in [0, 0.05) is 5.56 Å². The molecule has 1 heterocycles. The Labute approximate surface area is 100.0 Å². The molecule has 1 aromatic rings. The summed E-state index contributed by atoms with van der Waals surface area (Å²) in [5.74, 6) is -0.497. The maximum Gasteiger partial charge on any atom is 0.323 e. The van der Waals surface area contributed by atoms with Gasteiger partial charge in [-0.05, 0) is 19.4 Å². The van der Waals surface area contributed by atoms with Crippen LogP contribution in [0, 0.1) is 0 Å². The fourth-order valence-corrected chi connectivity index (χ4v) is 1.83. The van der Waals surface area contributed by atoms with Gasteiger partial charge in [0.15, 0.2) is 12.4 Å². The second kappa shape index (κ2) is 5.59.